The number of nitrogens with one attached hydrogen (secondary N) is 1. The minimum atomic E-state index is -0.354. The molecule has 1 saturated heterocycles. The zero-order valence-corrected chi connectivity index (χ0v) is 21.5. The Bertz CT molecular complexity index is 1460. The van der Waals surface area contributed by atoms with E-state index in [9.17, 15) is 9.18 Å². The number of nitrogens with zero attached hydrogens (tertiary/aromatic N) is 7. The summed E-state index contributed by atoms with van der Waals surface area (Å²) < 4.78 is 14.9. The normalized spacial score (nSPS) is 16.5. The predicted molar refractivity (Wildman–Crippen MR) is 146 cm³/mol. The van der Waals surface area contributed by atoms with Gasteiger partial charge in [-0.05, 0) is 49.0 Å². The third-order valence-corrected chi connectivity index (χ3v) is 7.47. The first-order valence-electron chi connectivity index (χ1n) is 13.0. The first kappa shape index (κ1) is 24.4. The number of hydrogen-bond acceptors (Lipinski definition) is 7. The highest BCUT2D eigenvalue weighted by Gasteiger charge is 2.21. The number of halogens is 1. The number of piperazine rings is 1. The Morgan fingerprint density at radius 3 is 2.71 bits per heavy atom. The summed E-state index contributed by atoms with van der Waals surface area (Å²) in [6, 6.07) is 15.5. The van der Waals surface area contributed by atoms with Gasteiger partial charge in [-0.25, -0.2) is 4.39 Å². The second-order valence-electron chi connectivity index (χ2n) is 9.99. The molecule has 0 aliphatic carbocycles. The third-order valence-electron chi connectivity index (χ3n) is 7.47. The van der Waals surface area contributed by atoms with Gasteiger partial charge in [0.05, 0.1) is 24.0 Å². The van der Waals surface area contributed by atoms with Crippen molar-refractivity contribution in [2.24, 2.45) is 0 Å². The molecular formula is C28H31FN8O. The van der Waals surface area contributed by atoms with Crippen LogP contribution in [0.15, 0.2) is 54.7 Å². The van der Waals surface area contributed by atoms with E-state index in [2.05, 4.69) is 42.4 Å². The van der Waals surface area contributed by atoms with Crippen molar-refractivity contribution >= 4 is 28.3 Å². The second-order valence-corrected chi connectivity index (χ2v) is 9.99. The number of amides is 1. The van der Waals surface area contributed by atoms with Gasteiger partial charge in [0.15, 0.2) is 5.82 Å². The van der Waals surface area contributed by atoms with Crippen LogP contribution in [0, 0.1) is 0 Å². The minimum absolute atomic E-state index is 0.218. The molecule has 0 spiro atoms. The number of carbonyl (C=O) groups is 1. The second kappa shape index (κ2) is 10.5. The molecule has 0 saturated carbocycles. The van der Waals surface area contributed by atoms with Gasteiger partial charge in [-0.2, -0.15) is 5.10 Å². The highest BCUT2D eigenvalue weighted by Crippen LogP contribution is 2.29. The zero-order chi connectivity index (χ0) is 26.1. The molecule has 2 aromatic heterocycles. The molecule has 38 heavy (non-hydrogen) atoms. The van der Waals surface area contributed by atoms with Crippen LogP contribution in [0.25, 0.3) is 22.0 Å². The van der Waals surface area contributed by atoms with E-state index in [1.807, 2.05) is 59.4 Å². The number of carbonyl (C=O) groups excluding carboxylic acids is 1. The molecule has 6 rings (SSSR count). The summed E-state index contributed by atoms with van der Waals surface area (Å²) in [6.07, 6.45) is 1.88. The summed E-state index contributed by atoms with van der Waals surface area (Å²) in [5, 5.41) is 16.9. The standard InChI is InChI=1S/C28H31FN8O/c1-34-9-12-36(13-10-34)23-4-2-3-21(16-23)28(38)31-27-17-22-15-20(5-6-25(22)32-33-27)24-18-30-37-14-11-35(8-7-29)19-26(24)37/h2-6,15-18H,7-14,19H2,1H3,(H,31,33,38). The van der Waals surface area contributed by atoms with Crippen LogP contribution in [-0.4, -0.2) is 88.7 Å². The van der Waals surface area contributed by atoms with Gasteiger partial charge < -0.3 is 15.1 Å². The van der Waals surface area contributed by atoms with Crippen molar-refractivity contribution < 1.29 is 9.18 Å². The lowest BCUT2D eigenvalue weighted by atomic mass is 10.0. The van der Waals surface area contributed by atoms with Crippen LogP contribution in [-0.2, 0) is 13.1 Å². The highest BCUT2D eigenvalue weighted by molar-refractivity contribution is 6.05. The smallest absolute Gasteiger partial charge is 0.256 e. The van der Waals surface area contributed by atoms with Crippen LogP contribution in [0.2, 0.25) is 0 Å². The van der Waals surface area contributed by atoms with Crippen molar-refractivity contribution in [3.8, 4) is 11.1 Å². The van der Waals surface area contributed by atoms with E-state index in [0.29, 0.717) is 24.5 Å². The van der Waals surface area contributed by atoms with E-state index in [-0.39, 0.29) is 12.6 Å². The van der Waals surface area contributed by atoms with Crippen molar-refractivity contribution in [2.75, 3.05) is 63.2 Å². The molecule has 2 aliphatic heterocycles. The van der Waals surface area contributed by atoms with Gasteiger partial charge in [0.1, 0.15) is 6.67 Å². The fourth-order valence-corrected chi connectivity index (χ4v) is 5.22. The van der Waals surface area contributed by atoms with Gasteiger partial charge in [0.2, 0.25) is 0 Å². The largest absolute Gasteiger partial charge is 0.369 e. The van der Waals surface area contributed by atoms with Crippen LogP contribution in [0.4, 0.5) is 15.9 Å². The van der Waals surface area contributed by atoms with Crippen LogP contribution >= 0.6 is 0 Å². The zero-order valence-electron chi connectivity index (χ0n) is 21.5. The summed E-state index contributed by atoms with van der Waals surface area (Å²) in [5.74, 6) is 0.181. The maximum atomic E-state index is 13.1. The molecule has 0 radical (unpaired) electrons. The van der Waals surface area contributed by atoms with E-state index >= 15 is 0 Å². The summed E-state index contributed by atoms with van der Waals surface area (Å²) in [5.41, 5.74) is 5.49. The lowest BCUT2D eigenvalue weighted by Gasteiger charge is -2.34. The van der Waals surface area contributed by atoms with E-state index < -0.39 is 0 Å². The Labute approximate surface area is 220 Å². The van der Waals surface area contributed by atoms with Gasteiger partial charge in [0, 0.05) is 68.0 Å². The Balaban J connectivity index is 1.22. The van der Waals surface area contributed by atoms with Gasteiger partial charge >= 0.3 is 0 Å². The maximum absolute atomic E-state index is 13.1. The Hall–Kier alpha value is -3.89. The molecule has 0 bridgehead atoms. The third kappa shape index (κ3) is 4.97. The lowest BCUT2D eigenvalue weighted by molar-refractivity contribution is 0.102. The molecule has 4 heterocycles. The molecule has 10 heteroatoms. The quantitative estimate of drug-likeness (QED) is 0.423. The number of benzene rings is 2. The van der Waals surface area contributed by atoms with Crippen molar-refractivity contribution in [3.05, 3.63) is 66.0 Å². The van der Waals surface area contributed by atoms with Crippen LogP contribution in [0.5, 0.6) is 0 Å². The molecule has 1 N–H and O–H groups in total. The van der Waals surface area contributed by atoms with Crippen molar-refractivity contribution in [1.29, 1.82) is 0 Å². The van der Waals surface area contributed by atoms with Crippen molar-refractivity contribution in [3.63, 3.8) is 0 Å². The average molecular weight is 515 g/mol. The average Bonchev–Trinajstić information content (AvgIpc) is 3.37. The number of rotatable bonds is 6. The van der Waals surface area contributed by atoms with Gasteiger partial charge in [-0.3, -0.25) is 14.4 Å². The maximum Gasteiger partial charge on any atom is 0.256 e. The van der Waals surface area contributed by atoms with Crippen molar-refractivity contribution in [2.45, 2.75) is 13.1 Å². The summed E-state index contributed by atoms with van der Waals surface area (Å²) >= 11 is 0. The molecule has 2 aromatic carbocycles. The van der Waals surface area contributed by atoms with Crippen molar-refractivity contribution in [1.82, 2.24) is 29.8 Å². The minimum Gasteiger partial charge on any atom is -0.369 e. The van der Waals surface area contributed by atoms with E-state index in [1.165, 1.54) is 0 Å². The van der Waals surface area contributed by atoms with Gasteiger partial charge in [-0.1, -0.05) is 12.1 Å². The monoisotopic (exact) mass is 514 g/mol. The summed E-state index contributed by atoms with van der Waals surface area (Å²) in [6.45, 7) is 6.18. The van der Waals surface area contributed by atoms with E-state index in [0.717, 1.165) is 72.7 Å². The molecule has 196 valence electrons. The fourth-order valence-electron chi connectivity index (χ4n) is 5.22. The molecule has 1 fully saturated rings. The predicted octanol–water partition coefficient (Wildman–Crippen LogP) is 3.28. The molecule has 4 aromatic rings. The van der Waals surface area contributed by atoms with Crippen LogP contribution < -0.4 is 10.2 Å². The molecule has 0 atom stereocenters. The van der Waals surface area contributed by atoms with Gasteiger partial charge in [0.25, 0.3) is 5.91 Å². The first-order chi connectivity index (χ1) is 18.6. The molecule has 0 unspecified atom stereocenters. The summed E-state index contributed by atoms with van der Waals surface area (Å²) in [4.78, 5) is 19.8. The van der Waals surface area contributed by atoms with Crippen LogP contribution in [0.1, 0.15) is 16.1 Å². The number of anilines is 2. The van der Waals surface area contributed by atoms with Crippen LogP contribution in [0.3, 0.4) is 0 Å². The van der Waals surface area contributed by atoms with E-state index in [4.69, 9.17) is 0 Å². The molecule has 1 amide bonds. The number of fused-ring (bicyclic) bond motifs is 2. The number of likely N-dealkylation sites (N-methyl/N-ethyl adjacent to an activating group) is 1. The molecular weight excluding hydrogens is 483 g/mol. The highest BCUT2D eigenvalue weighted by atomic mass is 19.1. The fraction of sp³-hybridized carbons (Fsp3) is 0.357. The molecule has 9 nitrogen and oxygen atoms in total. The number of alkyl halides is 1. The number of hydrogen-bond donors (Lipinski definition) is 1. The first-order valence-corrected chi connectivity index (χ1v) is 13.0. The summed E-state index contributed by atoms with van der Waals surface area (Å²) in [7, 11) is 2.13. The molecule has 2 aliphatic rings. The topological polar surface area (TPSA) is 82.4 Å². The lowest BCUT2D eigenvalue weighted by Crippen LogP contribution is -2.44. The van der Waals surface area contributed by atoms with E-state index in [1.54, 1.807) is 0 Å². The van der Waals surface area contributed by atoms with Gasteiger partial charge in [-0.15, -0.1) is 10.2 Å². The Kier molecular flexibility index (Phi) is 6.73. The number of aromatic nitrogens is 4. The Morgan fingerprint density at radius 1 is 1.00 bits per heavy atom. The SMILES string of the molecule is CN1CCN(c2cccc(C(=O)Nc3cc4cc(-c5cnn6c5CN(CCF)CC6)ccc4nn3)c2)CC1. The Morgan fingerprint density at radius 2 is 1.87 bits per heavy atom.